The van der Waals surface area contributed by atoms with Crippen LogP contribution in [0.2, 0.25) is 0 Å². The molecule has 0 unspecified atom stereocenters. The maximum Gasteiger partial charge on any atom is 0.356 e. The van der Waals surface area contributed by atoms with Crippen molar-refractivity contribution in [1.82, 2.24) is 9.78 Å². The molecule has 0 aliphatic carbocycles. The molecule has 0 radical (unpaired) electrons. The lowest BCUT2D eigenvalue weighted by atomic mass is 10.3. The van der Waals surface area contributed by atoms with E-state index in [-0.39, 0.29) is 5.69 Å². The number of carboxylic acid groups (broad SMARTS) is 1. The molecule has 0 spiro atoms. The van der Waals surface area contributed by atoms with Gasteiger partial charge in [-0.25, -0.2) is 4.79 Å². The number of rotatable bonds is 2. The molecule has 1 N–H and O–H groups in total. The molecule has 0 saturated heterocycles. The van der Waals surface area contributed by atoms with Crippen LogP contribution in [0.4, 0.5) is 0 Å². The SMILES string of the molecule is Cn1nc(C(=O)O)cc1-c1cccs1. The van der Waals surface area contributed by atoms with Crippen molar-refractivity contribution in [2.75, 3.05) is 0 Å². The monoisotopic (exact) mass is 208 g/mol. The lowest BCUT2D eigenvalue weighted by Gasteiger charge is -1.95. The van der Waals surface area contributed by atoms with Gasteiger partial charge in [0.2, 0.25) is 0 Å². The van der Waals surface area contributed by atoms with Gasteiger partial charge in [0.25, 0.3) is 0 Å². The summed E-state index contributed by atoms with van der Waals surface area (Å²) in [6.45, 7) is 0. The van der Waals surface area contributed by atoms with Gasteiger partial charge in [0.1, 0.15) is 0 Å². The highest BCUT2D eigenvalue weighted by Crippen LogP contribution is 2.24. The Morgan fingerprint density at radius 1 is 1.64 bits per heavy atom. The number of nitrogens with zero attached hydrogens (tertiary/aromatic N) is 2. The molecule has 2 aromatic heterocycles. The number of hydrogen-bond acceptors (Lipinski definition) is 3. The molecule has 0 aromatic carbocycles. The van der Waals surface area contributed by atoms with Crippen molar-refractivity contribution in [3.63, 3.8) is 0 Å². The summed E-state index contributed by atoms with van der Waals surface area (Å²) >= 11 is 1.56. The number of carboxylic acids is 1. The van der Waals surface area contributed by atoms with Crippen LogP contribution in [-0.4, -0.2) is 20.9 Å². The van der Waals surface area contributed by atoms with Crippen LogP contribution in [0, 0.1) is 0 Å². The van der Waals surface area contributed by atoms with Gasteiger partial charge in [0, 0.05) is 7.05 Å². The van der Waals surface area contributed by atoms with Crippen molar-refractivity contribution >= 4 is 17.3 Å². The van der Waals surface area contributed by atoms with E-state index in [1.54, 1.807) is 29.1 Å². The summed E-state index contributed by atoms with van der Waals surface area (Å²) in [6, 6.07) is 5.44. The van der Waals surface area contributed by atoms with E-state index >= 15 is 0 Å². The third-order valence-electron chi connectivity index (χ3n) is 1.87. The number of thiophene rings is 1. The first kappa shape index (κ1) is 8.96. The minimum Gasteiger partial charge on any atom is -0.476 e. The number of carbonyl (C=O) groups is 1. The Kier molecular flexibility index (Phi) is 2.09. The second-order valence-electron chi connectivity index (χ2n) is 2.82. The molecule has 2 heterocycles. The first-order valence-electron chi connectivity index (χ1n) is 3.99. The zero-order valence-electron chi connectivity index (χ0n) is 7.47. The maximum atomic E-state index is 10.7. The van der Waals surface area contributed by atoms with Crippen LogP contribution in [0.3, 0.4) is 0 Å². The second kappa shape index (κ2) is 3.26. The van der Waals surface area contributed by atoms with E-state index in [4.69, 9.17) is 5.11 Å². The smallest absolute Gasteiger partial charge is 0.356 e. The molecule has 4 nitrogen and oxygen atoms in total. The van der Waals surface area contributed by atoms with E-state index in [0.717, 1.165) is 10.6 Å². The van der Waals surface area contributed by atoms with E-state index in [2.05, 4.69) is 5.10 Å². The van der Waals surface area contributed by atoms with Crippen molar-refractivity contribution in [1.29, 1.82) is 0 Å². The van der Waals surface area contributed by atoms with Crippen molar-refractivity contribution < 1.29 is 9.90 Å². The lowest BCUT2D eigenvalue weighted by molar-refractivity contribution is 0.0689. The number of aryl methyl sites for hydroxylation is 1. The van der Waals surface area contributed by atoms with Crippen molar-refractivity contribution in [3.05, 3.63) is 29.3 Å². The third-order valence-corrected chi connectivity index (χ3v) is 2.76. The Hall–Kier alpha value is -1.62. The average molecular weight is 208 g/mol. The highest BCUT2D eigenvalue weighted by atomic mass is 32.1. The highest BCUT2D eigenvalue weighted by Gasteiger charge is 2.12. The van der Waals surface area contributed by atoms with Gasteiger partial charge in [0.15, 0.2) is 5.69 Å². The highest BCUT2D eigenvalue weighted by molar-refractivity contribution is 7.13. The number of aromatic nitrogens is 2. The van der Waals surface area contributed by atoms with Crippen LogP contribution >= 0.6 is 11.3 Å². The normalized spacial score (nSPS) is 10.4. The molecule has 72 valence electrons. The van der Waals surface area contributed by atoms with Crippen molar-refractivity contribution in [2.45, 2.75) is 0 Å². The predicted octanol–water partition coefficient (Wildman–Crippen LogP) is 1.85. The lowest BCUT2D eigenvalue weighted by Crippen LogP contribution is -1.99. The first-order chi connectivity index (χ1) is 6.68. The fraction of sp³-hybridized carbons (Fsp3) is 0.111. The Morgan fingerprint density at radius 3 is 2.93 bits per heavy atom. The van der Waals surface area contributed by atoms with Gasteiger partial charge in [0.05, 0.1) is 10.6 Å². The largest absolute Gasteiger partial charge is 0.476 e. The van der Waals surface area contributed by atoms with Gasteiger partial charge in [-0.15, -0.1) is 11.3 Å². The molecular weight excluding hydrogens is 200 g/mol. The van der Waals surface area contributed by atoms with Gasteiger partial charge in [-0.1, -0.05) is 6.07 Å². The van der Waals surface area contributed by atoms with Gasteiger partial charge >= 0.3 is 5.97 Å². The summed E-state index contributed by atoms with van der Waals surface area (Å²) in [5, 5.41) is 14.6. The quantitative estimate of drug-likeness (QED) is 0.819. The fourth-order valence-electron chi connectivity index (χ4n) is 1.23. The first-order valence-corrected chi connectivity index (χ1v) is 4.87. The number of hydrogen-bond donors (Lipinski definition) is 1. The standard InChI is InChI=1S/C9H8N2O2S/c1-11-7(8-3-2-4-14-8)5-6(10-11)9(12)13/h2-5H,1H3,(H,12,13). The minimum absolute atomic E-state index is 0.0795. The van der Waals surface area contributed by atoms with E-state index in [1.165, 1.54) is 0 Å². The molecule has 0 amide bonds. The molecule has 2 rings (SSSR count). The molecular formula is C9H8N2O2S. The molecule has 0 aliphatic heterocycles. The summed E-state index contributed by atoms with van der Waals surface area (Å²) in [4.78, 5) is 11.7. The van der Waals surface area contributed by atoms with E-state index in [9.17, 15) is 4.79 Å². The van der Waals surface area contributed by atoms with E-state index < -0.39 is 5.97 Å². The van der Waals surface area contributed by atoms with Crippen LogP contribution in [0.25, 0.3) is 10.6 Å². The van der Waals surface area contributed by atoms with E-state index in [0.29, 0.717) is 0 Å². The molecule has 14 heavy (non-hydrogen) atoms. The Bertz CT molecular complexity index is 459. The average Bonchev–Trinajstić information content (AvgIpc) is 2.71. The van der Waals surface area contributed by atoms with Gasteiger partial charge < -0.3 is 5.11 Å². The molecule has 0 atom stereocenters. The minimum atomic E-state index is -0.997. The summed E-state index contributed by atoms with van der Waals surface area (Å²) in [5.74, 6) is -0.997. The van der Waals surface area contributed by atoms with Gasteiger partial charge in [-0.05, 0) is 17.5 Å². The molecule has 2 aromatic rings. The number of aromatic carboxylic acids is 1. The van der Waals surface area contributed by atoms with Crippen LogP contribution in [0.1, 0.15) is 10.5 Å². The summed E-state index contributed by atoms with van der Waals surface area (Å²) in [7, 11) is 1.74. The summed E-state index contributed by atoms with van der Waals surface area (Å²) in [5.41, 5.74) is 0.910. The van der Waals surface area contributed by atoms with Crippen LogP contribution in [0.15, 0.2) is 23.6 Å². The maximum absolute atomic E-state index is 10.7. The Balaban J connectivity index is 2.50. The van der Waals surface area contributed by atoms with Crippen molar-refractivity contribution in [3.8, 4) is 10.6 Å². The summed E-state index contributed by atoms with van der Waals surface area (Å²) in [6.07, 6.45) is 0. The van der Waals surface area contributed by atoms with Crippen LogP contribution < -0.4 is 0 Å². The summed E-state index contributed by atoms with van der Waals surface area (Å²) < 4.78 is 1.58. The van der Waals surface area contributed by atoms with E-state index in [1.807, 2.05) is 17.5 Å². The fourth-order valence-corrected chi connectivity index (χ4v) is 2.00. The van der Waals surface area contributed by atoms with Crippen molar-refractivity contribution in [2.24, 2.45) is 7.05 Å². The Labute approximate surface area is 84.4 Å². The molecule has 0 aliphatic rings. The predicted molar refractivity (Wildman–Crippen MR) is 53.5 cm³/mol. The van der Waals surface area contributed by atoms with Gasteiger partial charge in [-0.3, -0.25) is 4.68 Å². The molecule has 0 fully saturated rings. The molecule has 5 heteroatoms. The molecule has 0 saturated carbocycles. The third kappa shape index (κ3) is 1.42. The Morgan fingerprint density at radius 2 is 2.43 bits per heavy atom. The zero-order chi connectivity index (χ0) is 10.1. The van der Waals surface area contributed by atoms with Crippen LogP contribution in [-0.2, 0) is 7.05 Å². The van der Waals surface area contributed by atoms with Crippen LogP contribution in [0.5, 0.6) is 0 Å². The molecule has 0 bridgehead atoms. The zero-order valence-corrected chi connectivity index (χ0v) is 8.28. The second-order valence-corrected chi connectivity index (χ2v) is 3.77. The topological polar surface area (TPSA) is 55.1 Å². The van der Waals surface area contributed by atoms with Gasteiger partial charge in [-0.2, -0.15) is 5.10 Å².